The van der Waals surface area contributed by atoms with Crippen LogP contribution in [0.3, 0.4) is 0 Å². The Morgan fingerprint density at radius 1 is 1.70 bits per heavy atom. The van der Waals surface area contributed by atoms with Crippen molar-refractivity contribution >= 4 is 0 Å². The van der Waals surface area contributed by atoms with Crippen molar-refractivity contribution in [3.63, 3.8) is 0 Å². The van der Waals surface area contributed by atoms with Gasteiger partial charge in [0.15, 0.2) is 0 Å². The van der Waals surface area contributed by atoms with E-state index in [4.69, 9.17) is 4.84 Å². The van der Waals surface area contributed by atoms with Gasteiger partial charge >= 0.3 is 0 Å². The Hall–Kier alpha value is -0.540. The number of hydrogen-bond donors (Lipinski definition) is 1. The maximum absolute atomic E-state index is 5.04. The van der Waals surface area contributed by atoms with Crippen molar-refractivity contribution < 1.29 is 4.84 Å². The second-order valence-electron chi connectivity index (χ2n) is 2.30. The lowest BCUT2D eigenvalue weighted by Gasteiger charge is -2.14. The summed E-state index contributed by atoms with van der Waals surface area (Å²) in [5.41, 5.74) is 3.13. The molecule has 0 fully saturated rings. The average molecular weight is 142 g/mol. The molecule has 1 aliphatic rings. The van der Waals surface area contributed by atoms with Crippen LogP contribution in [0.1, 0.15) is 19.8 Å². The molecular weight excluding hydrogens is 128 g/mol. The van der Waals surface area contributed by atoms with Gasteiger partial charge in [-0.3, -0.25) is 0 Å². The van der Waals surface area contributed by atoms with E-state index in [-0.39, 0.29) is 0 Å². The van der Waals surface area contributed by atoms with E-state index in [1.54, 1.807) is 11.4 Å². The number of nitrogens with zero attached hydrogens (tertiary/aromatic N) is 1. The maximum Gasteiger partial charge on any atom is 0.110 e. The number of unbranched alkanes of at least 4 members (excludes halogenated alkanes) is 1. The fourth-order valence-electron chi connectivity index (χ4n) is 0.781. The Balaban J connectivity index is 1.93. The smallest absolute Gasteiger partial charge is 0.110 e. The molecule has 0 aromatic carbocycles. The van der Waals surface area contributed by atoms with Crippen LogP contribution in [0.2, 0.25) is 0 Å². The van der Waals surface area contributed by atoms with Crippen LogP contribution in [-0.2, 0) is 4.84 Å². The molecule has 0 bridgehead atoms. The van der Waals surface area contributed by atoms with Crippen molar-refractivity contribution in [2.24, 2.45) is 0 Å². The van der Waals surface area contributed by atoms with Gasteiger partial charge in [-0.05, 0) is 12.5 Å². The standard InChI is InChI=1S/C7H14N2O/c1-2-3-5-8-9-6-4-7-10-9/h4,7-8H,2-3,5-6H2,1H3. The highest BCUT2D eigenvalue weighted by Crippen LogP contribution is 1.96. The van der Waals surface area contributed by atoms with Crippen molar-refractivity contribution in [2.45, 2.75) is 19.8 Å². The maximum atomic E-state index is 5.04. The molecule has 1 aliphatic heterocycles. The van der Waals surface area contributed by atoms with Gasteiger partial charge in [0.05, 0.1) is 6.54 Å². The molecule has 0 aliphatic carbocycles. The molecule has 0 atom stereocenters. The van der Waals surface area contributed by atoms with E-state index in [0.29, 0.717) is 0 Å². The molecule has 0 amide bonds. The molecule has 1 heterocycles. The van der Waals surface area contributed by atoms with E-state index in [1.165, 1.54) is 12.8 Å². The van der Waals surface area contributed by atoms with E-state index < -0.39 is 0 Å². The summed E-state index contributed by atoms with van der Waals surface area (Å²) in [5, 5.41) is 1.73. The highest BCUT2D eigenvalue weighted by Gasteiger charge is 2.04. The van der Waals surface area contributed by atoms with Crippen molar-refractivity contribution in [1.29, 1.82) is 0 Å². The van der Waals surface area contributed by atoms with E-state index in [0.717, 1.165) is 13.1 Å². The number of hydroxylamine groups is 1. The number of rotatable bonds is 4. The van der Waals surface area contributed by atoms with Crippen LogP contribution in [0, 0.1) is 0 Å². The zero-order valence-corrected chi connectivity index (χ0v) is 6.34. The third-order valence-corrected chi connectivity index (χ3v) is 1.37. The van der Waals surface area contributed by atoms with Crippen molar-refractivity contribution in [3.05, 3.63) is 12.3 Å². The summed E-state index contributed by atoms with van der Waals surface area (Å²) in [4.78, 5) is 5.04. The van der Waals surface area contributed by atoms with Crippen LogP contribution in [0.25, 0.3) is 0 Å². The number of hydrogen-bond acceptors (Lipinski definition) is 3. The van der Waals surface area contributed by atoms with Crippen LogP contribution in [0.4, 0.5) is 0 Å². The summed E-state index contributed by atoms with van der Waals surface area (Å²) >= 11 is 0. The molecule has 0 saturated heterocycles. The molecule has 58 valence electrons. The first kappa shape index (κ1) is 7.57. The van der Waals surface area contributed by atoms with Gasteiger partial charge in [-0.2, -0.15) is 0 Å². The summed E-state index contributed by atoms with van der Waals surface area (Å²) in [7, 11) is 0. The Bertz CT molecular complexity index is 106. The minimum Gasteiger partial charge on any atom is -0.399 e. The van der Waals surface area contributed by atoms with Gasteiger partial charge in [0.25, 0.3) is 0 Å². The van der Waals surface area contributed by atoms with E-state index >= 15 is 0 Å². The highest BCUT2D eigenvalue weighted by atomic mass is 16.7. The first-order valence-corrected chi connectivity index (χ1v) is 3.76. The van der Waals surface area contributed by atoms with Crippen LogP contribution >= 0.6 is 0 Å². The zero-order valence-electron chi connectivity index (χ0n) is 6.34. The van der Waals surface area contributed by atoms with Crippen LogP contribution in [0.5, 0.6) is 0 Å². The fourth-order valence-corrected chi connectivity index (χ4v) is 0.781. The topological polar surface area (TPSA) is 24.5 Å². The van der Waals surface area contributed by atoms with Crippen LogP contribution in [-0.4, -0.2) is 18.3 Å². The molecule has 0 aromatic heterocycles. The van der Waals surface area contributed by atoms with Crippen LogP contribution < -0.4 is 5.43 Å². The molecular formula is C7H14N2O. The minimum atomic E-state index is 0.851. The Kier molecular flexibility index (Phi) is 3.26. The SMILES string of the molecule is CCCCNN1CC=CO1. The molecule has 0 aromatic rings. The van der Waals surface area contributed by atoms with Gasteiger partial charge in [0.1, 0.15) is 6.26 Å². The summed E-state index contributed by atoms with van der Waals surface area (Å²) in [6.45, 7) is 4.02. The Labute approximate surface area is 61.6 Å². The van der Waals surface area contributed by atoms with Gasteiger partial charge in [-0.15, -0.1) is 0 Å². The second-order valence-corrected chi connectivity index (χ2v) is 2.30. The quantitative estimate of drug-likeness (QED) is 0.594. The largest absolute Gasteiger partial charge is 0.399 e. The fraction of sp³-hybridized carbons (Fsp3) is 0.714. The van der Waals surface area contributed by atoms with Crippen molar-refractivity contribution in [2.75, 3.05) is 13.1 Å². The third-order valence-electron chi connectivity index (χ3n) is 1.37. The average Bonchev–Trinajstić information content (AvgIpc) is 2.41. The van der Waals surface area contributed by atoms with Gasteiger partial charge in [0, 0.05) is 6.54 Å². The van der Waals surface area contributed by atoms with Crippen LogP contribution in [0.15, 0.2) is 12.3 Å². The van der Waals surface area contributed by atoms with E-state index in [9.17, 15) is 0 Å². The monoisotopic (exact) mass is 142 g/mol. The zero-order chi connectivity index (χ0) is 7.23. The molecule has 0 radical (unpaired) electrons. The second kappa shape index (κ2) is 4.30. The van der Waals surface area contributed by atoms with Gasteiger partial charge in [-0.25, -0.2) is 5.43 Å². The molecule has 3 heteroatoms. The van der Waals surface area contributed by atoms with Gasteiger partial charge < -0.3 is 4.84 Å². The third kappa shape index (κ3) is 2.37. The van der Waals surface area contributed by atoms with E-state index in [2.05, 4.69) is 12.3 Å². The highest BCUT2D eigenvalue weighted by molar-refractivity contribution is 4.79. The molecule has 0 unspecified atom stereocenters. The predicted molar refractivity (Wildman–Crippen MR) is 39.8 cm³/mol. The summed E-state index contributed by atoms with van der Waals surface area (Å²) in [6.07, 6.45) is 6.08. The molecule has 1 N–H and O–H groups in total. The summed E-state index contributed by atoms with van der Waals surface area (Å²) < 4.78 is 0. The minimum absolute atomic E-state index is 0.851. The Morgan fingerprint density at radius 2 is 2.60 bits per heavy atom. The lowest BCUT2D eigenvalue weighted by atomic mass is 10.3. The normalized spacial score (nSPS) is 17.7. The predicted octanol–water partition coefficient (Wildman–Crippen LogP) is 1.05. The summed E-state index contributed by atoms with van der Waals surface area (Å²) in [6, 6.07) is 0. The molecule has 1 rings (SSSR count). The first-order valence-electron chi connectivity index (χ1n) is 3.76. The van der Waals surface area contributed by atoms with Gasteiger partial charge in [0.2, 0.25) is 0 Å². The Morgan fingerprint density at radius 3 is 3.20 bits per heavy atom. The first-order chi connectivity index (χ1) is 4.93. The summed E-state index contributed by atoms with van der Waals surface area (Å²) in [5.74, 6) is 0. The lowest BCUT2D eigenvalue weighted by Crippen LogP contribution is -2.34. The van der Waals surface area contributed by atoms with Crippen molar-refractivity contribution in [1.82, 2.24) is 10.6 Å². The molecule has 3 nitrogen and oxygen atoms in total. The number of nitrogens with one attached hydrogen (secondary N) is 1. The lowest BCUT2D eigenvalue weighted by molar-refractivity contribution is -0.120. The number of hydrazine groups is 1. The molecule has 0 saturated carbocycles. The van der Waals surface area contributed by atoms with Crippen molar-refractivity contribution in [3.8, 4) is 0 Å². The molecule has 0 spiro atoms. The van der Waals surface area contributed by atoms with E-state index in [1.807, 2.05) is 6.08 Å². The molecule has 10 heavy (non-hydrogen) atoms. The van der Waals surface area contributed by atoms with Gasteiger partial charge in [-0.1, -0.05) is 18.5 Å².